The Kier molecular flexibility index (Phi) is 1.86. The molecule has 0 saturated carbocycles. The third kappa shape index (κ3) is 1.46. The van der Waals surface area contributed by atoms with Crippen molar-refractivity contribution in [1.29, 1.82) is 0 Å². The van der Waals surface area contributed by atoms with Gasteiger partial charge in [-0.05, 0) is 13.8 Å². The van der Waals surface area contributed by atoms with Crippen LogP contribution in [0.2, 0.25) is 0 Å². The maximum atomic E-state index is 5.42. The number of hydrogen-bond acceptors (Lipinski definition) is 2. The Hall–Kier alpha value is -0.0800. The predicted octanol–water partition coefficient (Wildman–Crippen LogP) is 0.383. The third-order valence-electron chi connectivity index (χ3n) is 1.21. The molecule has 8 heavy (non-hydrogen) atoms. The first-order chi connectivity index (χ1) is 3.79. The highest BCUT2D eigenvalue weighted by Gasteiger charge is 2.17. The molecule has 1 saturated heterocycles. The molecule has 0 aromatic rings. The summed E-state index contributed by atoms with van der Waals surface area (Å²) in [5, 5.41) is 3.14. The van der Waals surface area contributed by atoms with E-state index in [1.807, 2.05) is 0 Å². The number of nitrogens with one attached hydrogen (secondary N) is 1. The summed E-state index contributed by atoms with van der Waals surface area (Å²) in [6.07, 6.45) is 0.886. The highest BCUT2D eigenvalue weighted by molar-refractivity contribution is 4.75. The van der Waals surface area contributed by atoms with E-state index in [0.29, 0.717) is 12.2 Å². The molecule has 2 nitrogen and oxygen atoms in total. The van der Waals surface area contributed by atoms with Crippen molar-refractivity contribution in [2.45, 2.75) is 26.1 Å². The van der Waals surface area contributed by atoms with Crippen LogP contribution < -0.4 is 5.32 Å². The van der Waals surface area contributed by atoms with Crippen molar-refractivity contribution in [3.63, 3.8) is 0 Å². The zero-order chi connectivity index (χ0) is 5.98. The smallest absolute Gasteiger partial charge is 0.0827 e. The highest BCUT2D eigenvalue weighted by atomic mass is 16.5. The summed E-state index contributed by atoms with van der Waals surface area (Å²) in [5.74, 6) is 0. The van der Waals surface area contributed by atoms with Crippen LogP contribution in [0.5, 0.6) is 0 Å². The van der Waals surface area contributed by atoms with Crippen LogP contribution >= 0.6 is 0 Å². The second-order valence-corrected chi connectivity index (χ2v) is 2.47. The van der Waals surface area contributed by atoms with E-state index in [4.69, 9.17) is 4.74 Å². The summed E-state index contributed by atoms with van der Waals surface area (Å²) in [6, 6.07) is 0. The van der Waals surface area contributed by atoms with Crippen LogP contribution in [0.4, 0.5) is 0 Å². The first kappa shape index (κ1) is 6.05. The first-order valence-electron chi connectivity index (χ1n) is 3.15. The summed E-state index contributed by atoms with van der Waals surface area (Å²) in [4.78, 5) is 0. The standard InChI is InChI=1S/C6H13NO/c1-5(2)8-6-3-7-4-6/h5-7H,3-4H2,1-2H3. The van der Waals surface area contributed by atoms with E-state index in [9.17, 15) is 0 Å². The van der Waals surface area contributed by atoms with Crippen LogP contribution in [0.25, 0.3) is 0 Å². The van der Waals surface area contributed by atoms with Crippen LogP contribution in [0.3, 0.4) is 0 Å². The van der Waals surface area contributed by atoms with E-state index in [2.05, 4.69) is 19.2 Å². The lowest BCUT2D eigenvalue weighted by molar-refractivity contribution is -0.0200. The normalized spacial score (nSPS) is 21.4. The van der Waals surface area contributed by atoms with Crippen molar-refractivity contribution in [2.75, 3.05) is 13.1 Å². The molecule has 0 aromatic carbocycles. The number of ether oxygens (including phenoxy) is 1. The average Bonchev–Trinajstić information content (AvgIpc) is 1.55. The Bertz CT molecular complexity index is 68.9. The lowest BCUT2D eigenvalue weighted by Crippen LogP contribution is -2.49. The van der Waals surface area contributed by atoms with Gasteiger partial charge in [0.1, 0.15) is 0 Å². The molecule has 2 heteroatoms. The SMILES string of the molecule is CC(C)OC1CNC1. The molecule has 1 aliphatic rings. The summed E-state index contributed by atoms with van der Waals surface area (Å²) < 4.78 is 5.42. The fraction of sp³-hybridized carbons (Fsp3) is 1.00. The van der Waals surface area contributed by atoms with Crippen molar-refractivity contribution in [2.24, 2.45) is 0 Å². The van der Waals surface area contributed by atoms with Crippen molar-refractivity contribution in [3.8, 4) is 0 Å². The van der Waals surface area contributed by atoms with Crippen molar-refractivity contribution >= 4 is 0 Å². The Balaban J connectivity index is 2.01. The molecule has 0 atom stereocenters. The maximum Gasteiger partial charge on any atom is 0.0827 e. The van der Waals surface area contributed by atoms with Gasteiger partial charge in [0.2, 0.25) is 0 Å². The zero-order valence-corrected chi connectivity index (χ0v) is 5.48. The predicted molar refractivity (Wildman–Crippen MR) is 32.9 cm³/mol. The van der Waals surface area contributed by atoms with Gasteiger partial charge in [-0.3, -0.25) is 0 Å². The Morgan fingerprint density at radius 1 is 1.50 bits per heavy atom. The Morgan fingerprint density at radius 3 is 2.25 bits per heavy atom. The van der Waals surface area contributed by atoms with Gasteiger partial charge in [0.05, 0.1) is 12.2 Å². The fourth-order valence-electron chi connectivity index (χ4n) is 0.743. The summed E-state index contributed by atoms with van der Waals surface area (Å²) in [5.41, 5.74) is 0. The Morgan fingerprint density at radius 2 is 2.12 bits per heavy atom. The van der Waals surface area contributed by atoms with Gasteiger partial charge < -0.3 is 10.1 Å². The summed E-state index contributed by atoms with van der Waals surface area (Å²) >= 11 is 0. The van der Waals surface area contributed by atoms with Crippen molar-refractivity contribution in [1.82, 2.24) is 5.32 Å². The van der Waals surface area contributed by atoms with Crippen LogP contribution in [-0.4, -0.2) is 25.3 Å². The number of rotatable bonds is 2. The van der Waals surface area contributed by atoms with Crippen LogP contribution in [0.15, 0.2) is 0 Å². The van der Waals surface area contributed by atoms with E-state index < -0.39 is 0 Å². The van der Waals surface area contributed by atoms with Gasteiger partial charge in [0, 0.05) is 13.1 Å². The van der Waals surface area contributed by atoms with Gasteiger partial charge in [-0.25, -0.2) is 0 Å². The minimum absolute atomic E-state index is 0.391. The molecule has 0 amide bonds. The monoisotopic (exact) mass is 115 g/mol. The van der Waals surface area contributed by atoms with E-state index in [1.165, 1.54) is 0 Å². The average molecular weight is 115 g/mol. The zero-order valence-electron chi connectivity index (χ0n) is 5.48. The largest absolute Gasteiger partial charge is 0.373 e. The molecule has 1 aliphatic heterocycles. The molecular formula is C6H13NO. The highest BCUT2D eigenvalue weighted by Crippen LogP contribution is 2.01. The minimum Gasteiger partial charge on any atom is -0.373 e. The lowest BCUT2D eigenvalue weighted by atomic mass is 10.2. The van der Waals surface area contributed by atoms with E-state index >= 15 is 0 Å². The Labute approximate surface area is 50.2 Å². The van der Waals surface area contributed by atoms with E-state index in [0.717, 1.165) is 13.1 Å². The molecule has 0 aliphatic carbocycles. The molecule has 1 rings (SSSR count). The lowest BCUT2D eigenvalue weighted by Gasteiger charge is -2.28. The summed E-state index contributed by atoms with van der Waals surface area (Å²) in [7, 11) is 0. The van der Waals surface area contributed by atoms with Crippen molar-refractivity contribution in [3.05, 3.63) is 0 Å². The van der Waals surface area contributed by atoms with Gasteiger partial charge >= 0.3 is 0 Å². The topological polar surface area (TPSA) is 21.3 Å². The second-order valence-electron chi connectivity index (χ2n) is 2.47. The van der Waals surface area contributed by atoms with Gasteiger partial charge in [-0.2, -0.15) is 0 Å². The molecular weight excluding hydrogens is 102 g/mol. The summed E-state index contributed by atoms with van der Waals surface area (Å²) in [6.45, 7) is 6.22. The molecule has 1 N–H and O–H groups in total. The second kappa shape index (κ2) is 2.46. The molecule has 48 valence electrons. The molecule has 0 radical (unpaired) electrons. The van der Waals surface area contributed by atoms with Crippen LogP contribution in [0.1, 0.15) is 13.8 Å². The van der Waals surface area contributed by atoms with E-state index in [-0.39, 0.29) is 0 Å². The molecule has 0 bridgehead atoms. The molecule has 1 heterocycles. The van der Waals surface area contributed by atoms with Crippen LogP contribution in [-0.2, 0) is 4.74 Å². The number of hydrogen-bond donors (Lipinski definition) is 1. The quantitative estimate of drug-likeness (QED) is 0.562. The first-order valence-corrected chi connectivity index (χ1v) is 3.15. The minimum atomic E-state index is 0.391. The molecule has 0 spiro atoms. The maximum absolute atomic E-state index is 5.42. The van der Waals surface area contributed by atoms with Gasteiger partial charge in [-0.15, -0.1) is 0 Å². The molecule has 1 fully saturated rings. The molecule has 0 aromatic heterocycles. The molecule has 0 unspecified atom stereocenters. The van der Waals surface area contributed by atoms with Gasteiger partial charge in [0.25, 0.3) is 0 Å². The fourth-order valence-corrected chi connectivity index (χ4v) is 0.743. The van der Waals surface area contributed by atoms with Crippen LogP contribution in [0, 0.1) is 0 Å². The van der Waals surface area contributed by atoms with Gasteiger partial charge in [0.15, 0.2) is 0 Å². The van der Waals surface area contributed by atoms with Gasteiger partial charge in [-0.1, -0.05) is 0 Å². The van der Waals surface area contributed by atoms with E-state index in [1.54, 1.807) is 0 Å². The third-order valence-corrected chi connectivity index (χ3v) is 1.21. The van der Waals surface area contributed by atoms with Crippen molar-refractivity contribution < 1.29 is 4.74 Å².